The average molecular weight is 512 g/mol. The van der Waals surface area contributed by atoms with Gasteiger partial charge in [0.2, 0.25) is 0 Å². The van der Waals surface area contributed by atoms with Crippen molar-refractivity contribution in [3.8, 4) is 5.75 Å². The van der Waals surface area contributed by atoms with Crippen molar-refractivity contribution >= 4 is 40.3 Å². The Morgan fingerprint density at radius 3 is 2.41 bits per heavy atom. The van der Waals surface area contributed by atoms with Crippen LogP contribution < -0.4 is 9.64 Å². The molecule has 0 aliphatic carbocycles. The molecular formula is C31H33N3O2S. The minimum atomic E-state index is -0.00472. The van der Waals surface area contributed by atoms with E-state index in [1.54, 1.807) is 7.11 Å². The van der Waals surface area contributed by atoms with Gasteiger partial charge in [-0.2, -0.15) is 0 Å². The topological polar surface area (TPSA) is 45.1 Å². The standard InChI is InChI=1S/C31H33N3O2S/c1-36-28-23-27(33-19-9-4-10-20-33)18-17-25(28)22-29-30(35)34(21-11-14-24-12-5-2-6-13-24)31(37-29)32-26-15-7-3-8-16-26/h2-3,5-8,12-13,15-18,22-23H,4,9-11,14,19-21H2,1H3/b29-22-,32-31?. The van der Waals surface area contributed by atoms with Crippen molar-refractivity contribution in [3.63, 3.8) is 0 Å². The number of rotatable bonds is 8. The fourth-order valence-corrected chi connectivity index (χ4v) is 5.81. The average Bonchev–Trinajstić information content (AvgIpc) is 3.24. The summed E-state index contributed by atoms with van der Waals surface area (Å²) in [6.45, 7) is 2.78. The Morgan fingerprint density at radius 1 is 0.946 bits per heavy atom. The largest absolute Gasteiger partial charge is 0.496 e. The van der Waals surface area contributed by atoms with Gasteiger partial charge in [0.05, 0.1) is 17.7 Å². The maximum absolute atomic E-state index is 13.6. The second kappa shape index (κ2) is 12.2. The summed E-state index contributed by atoms with van der Waals surface area (Å²) in [5.74, 6) is 0.781. The van der Waals surface area contributed by atoms with Crippen molar-refractivity contribution in [3.05, 3.63) is 94.9 Å². The smallest absolute Gasteiger partial charge is 0.266 e. The molecule has 0 bridgehead atoms. The zero-order chi connectivity index (χ0) is 25.5. The number of thioether (sulfide) groups is 1. The van der Waals surface area contributed by atoms with E-state index < -0.39 is 0 Å². The van der Waals surface area contributed by atoms with Crippen LogP contribution in [0.5, 0.6) is 5.75 Å². The van der Waals surface area contributed by atoms with Crippen molar-refractivity contribution in [1.82, 2.24) is 4.90 Å². The Morgan fingerprint density at radius 2 is 1.68 bits per heavy atom. The first kappa shape index (κ1) is 25.2. The third-order valence-electron chi connectivity index (χ3n) is 6.78. The number of amidine groups is 1. The second-order valence-electron chi connectivity index (χ2n) is 9.36. The maximum Gasteiger partial charge on any atom is 0.266 e. The molecule has 6 heteroatoms. The molecule has 1 amide bonds. The number of hydrogen-bond acceptors (Lipinski definition) is 5. The summed E-state index contributed by atoms with van der Waals surface area (Å²) in [7, 11) is 1.69. The summed E-state index contributed by atoms with van der Waals surface area (Å²) in [5, 5.41) is 0.722. The summed E-state index contributed by atoms with van der Waals surface area (Å²) in [5.41, 5.74) is 4.20. The van der Waals surface area contributed by atoms with Crippen LogP contribution in [0.1, 0.15) is 36.8 Å². The fourth-order valence-electron chi connectivity index (χ4n) is 4.80. The predicted molar refractivity (Wildman–Crippen MR) is 155 cm³/mol. The summed E-state index contributed by atoms with van der Waals surface area (Å²) in [6, 6.07) is 26.5. The van der Waals surface area contributed by atoms with E-state index in [2.05, 4.69) is 47.4 Å². The van der Waals surface area contributed by atoms with Crippen molar-refractivity contribution in [2.75, 3.05) is 31.6 Å². The molecule has 0 atom stereocenters. The van der Waals surface area contributed by atoms with Crippen molar-refractivity contribution < 1.29 is 9.53 Å². The first-order valence-corrected chi connectivity index (χ1v) is 13.8. The zero-order valence-electron chi connectivity index (χ0n) is 21.3. The monoisotopic (exact) mass is 511 g/mol. The van der Waals surface area contributed by atoms with Gasteiger partial charge < -0.3 is 9.64 Å². The molecule has 2 saturated heterocycles. The number of amides is 1. The Balaban J connectivity index is 1.39. The van der Waals surface area contributed by atoms with Crippen LogP contribution in [-0.4, -0.2) is 42.7 Å². The lowest BCUT2D eigenvalue weighted by Crippen LogP contribution is -2.30. The Hall–Kier alpha value is -3.51. The highest BCUT2D eigenvalue weighted by Gasteiger charge is 2.33. The van der Waals surface area contributed by atoms with Gasteiger partial charge in [-0.05, 0) is 79.8 Å². The van der Waals surface area contributed by atoms with Gasteiger partial charge in [-0.25, -0.2) is 4.99 Å². The highest BCUT2D eigenvalue weighted by molar-refractivity contribution is 8.18. The van der Waals surface area contributed by atoms with E-state index in [-0.39, 0.29) is 5.91 Å². The van der Waals surface area contributed by atoms with Crippen LogP contribution in [0, 0.1) is 0 Å². The molecule has 5 nitrogen and oxygen atoms in total. The Kier molecular flexibility index (Phi) is 8.26. The molecule has 2 aliphatic heterocycles. The molecule has 0 aromatic heterocycles. The van der Waals surface area contributed by atoms with Crippen molar-refractivity contribution in [1.29, 1.82) is 0 Å². The highest BCUT2D eigenvalue weighted by Crippen LogP contribution is 2.37. The molecule has 0 spiro atoms. The number of aryl methyl sites for hydroxylation is 1. The van der Waals surface area contributed by atoms with E-state index in [9.17, 15) is 4.79 Å². The van der Waals surface area contributed by atoms with E-state index in [1.165, 1.54) is 42.3 Å². The molecule has 2 heterocycles. The third kappa shape index (κ3) is 6.25. The number of ether oxygens (including phenoxy) is 1. The van der Waals surface area contributed by atoms with Gasteiger partial charge in [-0.15, -0.1) is 0 Å². The number of carbonyl (C=O) groups excluding carboxylic acids is 1. The number of hydrogen-bond donors (Lipinski definition) is 0. The molecule has 0 N–H and O–H groups in total. The number of aliphatic imine (C=N–C) groups is 1. The SMILES string of the molecule is COc1cc(N2CCCCC2)ccc1/C=C1\SC(=Nc2ccccc2)N(CCCc2ccccc2)C1=O. The van der Waals surface area contributed by atoms with Crippen molar-refractivity contribution in [2.24, 2.45) is 4.99 Å². The molecule has 3 aromatic carbocycles. The number of para-hydroxylation sites is 1. The number of benzene rings is 3. The first-order chi connectivity index (χ1) is 18.2. The van der Waals surface area contributed by atoms with Gasteiger partial charge in [-0.3, -0.25) is 9.69 Å². The first-order valence-electron chi connectivity index (χ1n) is 13.0. The van der Waals surface area contributed by atoms with Gasteiger partial charge in [-0.1, -0.05) is 48.5 Å². The zero-order valence-corrected chi connectivity index (χ0v) is 22.1. The quantitative estimate of drug-likeness (QED) is 0.308. The fraction of sp³-hybridized carbons (Fsp3) is 0.290. The normalized spacial score (nSPS) is 18.1. The Bertz CT molecular complexity index is 1270. The summed E-state index contributed by atoms with van der Waals surface area (Å²) >= 11 is 1.44. The molecule has 190 valence electrons. The van der Waals surface area contributed by atoms with Crippen LogP contribution in [0.15, 0.2) is 88.8 Å². The van der Waals surface area contributed by atoms with Crippen LogP contribution in [0.25, 0.3) is 6.08 Å². The van der Waals surface area contributed by atoms with E-state index in [1.807, 2.05) is 47.4 Å². The number of carbonyl (C=O) groups is 1. The van der Waals surface area contributed by atoms with Gasteiger partial charge in [0.15, 0.2) is 5.17 Å². The molecule has 0 unspecified atom stereocenters. The number of anilines is 1. The Labute approximate surface area is 223 Å². The number of nitrogens with zero attached hydrogens (tertiary/aromatic N) is 3. The molecule has 0 saturated carbocycles. The van der Waals surface area contributed by atoms with E-state index in [0.29, 0.717) is 11.4 Å². The van der Waals surface area contributed by atoms with Gasteiger partial charge >= 0.3 is 0 Å². The molecule has 3 aromatic rings. The van der Waals surface area contributed by atoms with E-state index in [4.69, 9.17) is 9.73 Å². The number of piperidine rings is 1. The predicted octanol–water partition coefficient (Wildman–Crippen LogP) is 6.92. The lowest BCUT2D eigenvalue weighted by atomic mass is 10.1. The lowest BCUT2D eigenvalue weighted by Gasteiger charge is -2.29. The van der Waals surface area contributed by atoms with Gasteiger partial charge in [0, 0.05) is 37.0 Å². The molecule has 2 aliphatic rings. The minimum Gasteiger partial charge on any atom is -0.496 e. The van der Waals surface area contributed by atoms with E-state index >= 15 is 0 Å². The molecule has 2 fully saturated rings. The van der Waals surface area contributed by atoms with Crippen LogP contribution in [-0.2, 0) is 11.2 Å². The molecule has 5 rings (SSSR count). The van der Waals surface area contributed by atoms with Gasteiger partial charge in [0.25, 0.3) is 5.91 Å². The van der Waals surface area contributed by atoms with E-state index in [0.717, 1.165) is 48.1 Å². The van der Waals surface area contributed by atoms with Crippen LogP contribution in [0.3, 0.4) is 0 Å². The molecule has 37 heavy (non-hydrogen) atoms. The van der Waals surface area contributed by atoms with Gasteiger partial charge in [0.1, 0.15) is 5.75 Å². The van der Waals surface area contributed by atoms with Crippen molar-refractivity contribution in [2.45, 2.75) is 32.1 Å². The summed E-state index contributed by atoms with van der Waals surface area (Å²) in [4.78, 5) is 23.3. The molecule has 0 radical (unpaired) electrons. The van der Waals surface area contributed by atoms with Crippen LogP contribution in [0.4, 0.5) is 11.4 Å². The maximum atomic E-state index is 13.6. The summed E-state index contributed by atoms with van der Waals surface area (Å²) < 4.78 is 5.75. The van der Waals surface area contributed by atoms with Crippen LogP contribution >= 0.6 is 11.8 Å². The minimum absolute atomic E-state index is 0.00472. The summed E-state index contributed by atoms with van der Waals surface area (Å²) in [6.07, 6.45) is 7.48. The number of methoxy groups -OCH3 is 1. The second-order valence-corrected chi connectivity index (χ2v) is 10.4. The highest BCUT2D eigenvalue weighted by atomic mass is 32.2. The third-order valence-corrected chi connectivity index (χ3v) is 7.79. The lowest BCUT2D eigenvalue weighted by molar-refractivity contribution is -0.122. The molecular weight excluding hydrogens is 478 g/mol. The van der Waals surface area contributed by atoms with Crippen LogP contribution in [0.2, 0.25) is 0 Å².